The molecular weight excluding hydrogens is 270 g/mol. The minimum Gasteiger partial charge on any atom is -0.469 e. The topological polar surface area (TPSA) is 29.5 Å². The Hall–Kier alpha value is -1.03. The highest BCUT2D eigenvalue weighted by molar-refractivity contribution is 9.10. The van der Waals surface area contributed by atoms with Crippen LogP contribution in [0.1, 0.15) is 17.9 Å². The zero-order chi connectivity index (χ0) is 11.7. The molecule has 0 aromatic heterocycles. The van der Waals surface area contributed by atoms with Gasteiger partial charge in [-0.15, -0.1) is 0 Å². The van der Waals surface area contributed by atoms with Crippen LogP contribution in [0.5, 0.6) is 0 Å². The lowest BCUT2D eigenvalue weighted by Gasteiger charge is -2.11. The van der Waals surface area contributed by atoms with Crippen LogP contribution in [0.25, 0.3) is 0 Å². The van der Waals surface area contributed by atoms with Crippen LogP contribution in [0, 0.1) is 0 Å². The summed E-state index contributed by atoms with van der Waals surface area (Å²) >= 11 is 3.55. The summed E-state index contributed by atoms with van der Waals surface area (Å²) in [5, 5.41) is 0. The Morgan fingerprint density at radius 3 is 3.06 bits per heavy atom. The van der Waals surface area contributed by atoms with E-state index in [9.17, 15) is 4.79 Å². The van der Waals surface area contributed by atoms with E-state index in [0.717, 1.165) is 11.0 Å². The first-order chi connectivity index (χ1) is 7.63. The van der Waals surface area contributed by atoms with Crippen molar-refractivity contribution >= 4 is 27.6 Å². The molecule has 0 saturated heterocycles. The standard InChI is InChI=1S/C12H14BrNO2/c1-14-7-8(6-11(15)16-2)12-9(13)4-3-5-10(12)14/h3-5,8H,6-7H2,1-2H3. The fraction of sp³-hybridized carbons (Fsp3) is 0.417. The van der Waals surface area contributed by atoms with Crippen molar-refractivity contribution < 1.29 is 9.53 Å². The summed E-state index contributed by atoms with van der Waals surface area (Å²) in [6.07, 6.45) is 0.441. The molecule has 2 rings (SSSR count). The van der Waals surface area contributed by atoms with Gasteiger partial charge in [-0.25, -0.2) is 0 Å². The number of nitrogens with zero attached hydrogens (tertiary/aromatic N) is 1. The lowest BCUT2D eigenvalue weighted by molar-refractivity contribution is -0.140. The Balaban J connectivity index is 2.31. The van der Waals surface area contributed by atoms with E-state index >= 15 is 0 Å². The predicted octanol–water partition coefficient (Wildman–Crippen LogP) is 2.55. The number of carbonyl (C=O) groups is 1. The van der Waals surface area contributed by atoms with E-state index in [-0.39, 0.29) is 11.9 Å². The lowest BCUT2D eigenvalue weighted by Crippen LogP contribution is -2.17. The number of carbonyl (C=O) groups excluding carboxylic acids is 1. The molecule has 1 aromatic rings. The van der Waals surface area contributed by atoms with Crippen molar-refractivity contribution in [1.29, 1.82) is 0 Å². The van der Waals surface area contributed by atoms with Crippen molar-refractivity contribution in [2.45, 2.75) is 12.3 Å². The van der Waals surface area contributed by atoms with E-state index in [0.29, 0.717) is 6.42 Å². The summed E-state index contributed by atoms with van der Waals surface area (Å²) in [6, 6.07) is 6.11. The Morgan fingerprint density at radius 1 is 1.62 bits per heavy atom. The monoisotopic (exact) mass is 283 g/mol. The van der Waals surface area contributed by atoms with Gasteiger partial charge in [0, 0.05) is 29.7 Å². The highest BCUT2D eigenvalue weighted by Crippen LogP contribution is 2.41. The fourth-order valence-electron chi connectivity index (χ4n) is 2.23. The number of fused-ring (bicyclic) bond motifs is 1. The summed E-state index contributed by atoms with van der Waals surface area (Å²) in [4.78, 5) is 13.5. The minimum absolute atomic E-state index is 0.151. The molecule has 1 atom stereocenters. The zero-order valence-corrected chi connectivity index (χ0v) is 11.0. The van der Waals surface area contributed by atoms with E-state index < -0.39 is 0 Å². The van der Waals surface area contributed by atoms with Crippen LogP contribution >= 0.6 is 15.9 Å². The molecule has 3 nitrogen and oxygen atoms in total. The van der Waals surface area contributed by atoms with Crippen molar-refractivity contribution in [2.75, 3.05) is 25.6 Å². The Labute approximate surface area is 104 Å². The van der Waals surface area contributed by atoms with Crippen molar-refractivity contribution in [3.8, 4) is 0 Å². The Kier molecular flexibility index (Phi) is 3.19. The molecule has 0 bridgehead atoms. The number of likely N-dealkylation sites (N-methyl/N-ethyl adjacent to an activating group) is 1. The largest absolute Gasteiger partial charge is 0.469 e. The van der Waals surface area contributed by atoms with Crippen LogP contribution in [0.3, 0.4) is 0 Å². The smallest absolute Gasteiger partial charge is 0.306 e. The molecule has 0 fully saturated rings. The van der Waals surface area contributed by atoms with Gasteiger partial charge in [0.1, 0.15) is 0 Å². The number of benzene rings is 1. The van der Waals surface area contributed by atoms with Crippen LogP contribution in [0.15, 0.2) is 22.7 Å². The van der Waals surface area contributed by atoms with Crippen molar-refractivity contribution in [3.63, 3.8) is 0 Å². The number of esters is 1. The van der Waals surface area contributed by atoms with Crippen LogP contribution < -0.4 is 4.90 Å². The molecule has 0 radical (unpaired) electrons. The second-order valence-electron chi connectivity index (χ2n) is 4.03. The third-order valence-corrected chi connectivity index (χ3v) is 3.68. The van der Waals surface area contributed by atoms with Gasteiger partial charge in [-0.05, 0) is 17.7 Å². The summed E-state index contributed by atoms with van der Waals surface area (Å²) in [5.74, 6) is 0.0741. The number of rotatable bonds is 2. The van der Waals surface area contributed by atoms with Gasteiger partial charge in [0.15, 0.2) is 0 Å². The SMILES string of the molecule is COC(=O)CC1CN(C)c2cccc(Br)c21. The third kappa shape index (κ3) is 1.94. The van der Waals surface area contributed by atoms with E-state index in [4.69, 9.17) is 4.74 Å². The third-order valence-electron chi connectivity index (χ3n) is 2.98. The number of hydrogen-bond acceptors (Lipinski definition) is 3. The number of anilines is 1. The molecule has 16 heavy (non-hydrogen) atoms. The first-order valence-electron chi connectivity index (χ1n) is 5.20. The number of methoxy groups -OCH3 is 1. The zero-order valence-electron chi connectivity index (χ0n) is 9.37. The molecular formula is C12H14BrNO2. The molecule has 0 amide bonds. The number of ether oxygens (including phenoxy) is 1. The fourth-order valence-corrected chi connectivity index (χ4v) is 2.91. The number of hydrogen-bond donors (Lipinski definition) is 0. The molecule has 1 aliphatic rings. The average Bonchev–Trinajstić information content (AvgIpc) is 2.57. The summed E-state index contributed by atoms with van der Waals surface area (Å²) in [6.45, 7) is 0.868. The van der Waals surface area contributed by atoms with Gasteiger partial charge in [-0.3, -0.25) is 4.79 Å². The summed E-state index contributed by atoms with van der Waals surface area (Å²) in [7, 11) is 3.48. The van der Waals surface area contributed by atoms with Crippen molar-refractivity contribution in [3.05, 3.63) is 28.2 Å². The molecule has 4 heteroatoms. The second-order valence-corrected chi connectivity index (χ2v) is 4.88. The molecule has 1 unspecified atom stereocenters. The van der Waals surface area contributed by atoms with E-state index in [1.54, 1.807) is 0 Å². The van der Waals surface area contributed by atoms with Gasteiger partial charge in [-0.2, -0.15) is 0 Å². The first-order valence-corrected chi connectivity index (χ1v) is 5.99. The van der Waals surface area contributed by atoms with Crippen LogP contribution in [-0.4, -0.2) is 26.7 Å². The predicted molar refractivity (Wildman–Crippen MR) is 66.8 cm³/mol. The number of halogens is 1. The van der Waals surface area contributed by atoms with E-state index in [2.05, 4.69) is 26.9 Å². The van der Waals surface area contributed by atoms with E-state index in [1.807, 2.05) is 19.2 Å². The van der Waals surface area contributed by atoms with Gasteiger partial charge >= 0.3 is 5.97 Å². The maximum atomic E-state index is 11.3. The van der Waals surface area contributed by atoms with Crippen LogP contribution in [-0.2, 0) is 9.53 Å². The maximum absolute atomic E-state index is 11.3. The average molecular weight is 284 g/mol. The maximum Gasteiger partial charge on any atom is 0.306 e. The van der Waals surface area contributed by atoms with Gasteiger partial charge < -0.3 is 9.64 Å². The second kappa shape index (κ2) is 4.45. The summed E-state index contributed by atoms with van der Waals surface area (Å²) in [5.41, 5.74) is 2.42. The lowest BCUT2D eigenvalue weighted by atomic mass is 9.98. The molecule has 1 aliphatic heterocycles. The molecule has 1 aromatic carbocycles. The van der Waals surface area contributed by atoms with Gasteiger partial charge in [-0.1, -0.05) is 22.0 Å². The Morgan fingerprint density at radius 2 is 2.38 bits per heavy atom. The highest BCUT2D eigenvalue weighted by Gasteiger charge is 2.30. The highest BCUT2D eigenvalue weighted by atomic mass is 79.9. The van der Waals surface area contributed by atoms with Gasteiger partial charge in [0.25, 0.3) is 0 Å². The molecule has 86 valence electrons. The Bertz CT molecular complexity index is 419. The van der Waals surface area contributed by atoms with Crippen molar-refractivity contribution in [2.24, 2.45) is 0 Å². The van der Waals surface area contributed by atoms with E-state index in [1.165, 1.54) is 18.4 Å². The van der Waals surface area contributed by atoms with Gasteiger partial charge in [0.2, 0.25) is 0 Å². The summed E-state index contributed by atoms with van der Waals surface area (Å²) < 4.78 is 5.80. The van der Waals surface area contributed by atoms with Crippen molar-refractivity contribution in [1.82, 2.24) is 0 Å². The molecule has 0 saturated carbocycles. The minimum atomic E-state index is -0.151. The normalized spacial score (nSPS) is 18.4. The molecule has 0 N–H and O–H groups in total. The quantitative estimate of drug-likeness (QED) is 0.782. The first kappa shape index (κ1) is 11.5. The molecule has 0 aliphatic carbocycles. The molecule has 1 heterocycles. The van der Waals surface area contributed by atoms with Crippen LogP contribution in [0.4, 0.5) is 5.69 Å². The van der Waals surface area contributed by atoms with Crippen LogP contribution in [0.2, 0.25) is 0 Å². The molecule has 0 spiro atoms. The van der Waals surface area contributed by atoms with Gasteiger partial charge in [0.05, 0.1) is 13.5 Å².